The molecule has 0 N–H and O–H groups in total. The summed E-state index contributed by atoms with van der Waals surface area (Å²) in [5.41, 5.74) is 7.54. The van der Waals surface area contributed by atoms with E-state index in [1.54, 1.807) is 0 Å². The Balaban J connectivity index is 2.71. The highest BCUT2D eigenvalue weighted by Gasteiger charge is 2.35. The van der Waals surface area contributed by atoms with E-state index in [2.05, 4.69) is 129 Å². The van der Waals surface area contributed by atoms with Gasteiger partial charge < -0.3 is 0 Å². The van der Waals surface area contributed by atoms with Crippen LogP contribution in [0.3, 0.4) is 0 Å². The molecule has 29 heavy (non-hydrogen) atoms. The summed E-state index contributed by atoms with van der Waals surface area (Å²) >= 11 is 5.20. The fraction of sp³-hybridized carbons (Fsp3) is 0.481. The Morgan fingerprint density at radius 3 is 2.17 bits per heavy atom. The van der Waals surface area contributed by atoms with Crippen molar-refractivity contribution >= 4 is 45.2 Å². The first-order chi connectivity index (χ1) is 13.9. The molecule has 0 aliphatic rings. The molecule has 0 spiro atoms. The summed E-state index contributed by atoms with van der Waals surface area (Å²) in [4.78, 5) is 0. The number of halogens is 2. The van der Waals surface area contributed by atoms with Crippen LogP contribution in [0.25, 0.3) is 0 Å². The molecule has 0 nitrogen and oxygen atoms in total. The van der Waals surface area contributed by atoms with Crippen molar-refractivity contribution in [3.8, 4) is 0 Å². The number of hydrogen-bond acceptors (Lipinski definition) is 0. The molecule has 2 aromatic carbocycles. The van der Waals surface area contributed by atoms with E-state index in [0.29, 0.717) is 5.92 Å². The maximum Gasteiger partial charge on any atom is 0.0211 e. The smallest absolute Gasteiger partial charge is 0.0211 e. The summed E-state index contributed by atoms with van der Waals surface area (Å²) in [5, 5.41) is 0. The summed E-state index contributed by atoms with van der Waals surface area (Å²) in [6, 6.07) is 11.8. The number of hydrogen-bond donors (Lipinski definition) is 0. The van der Waals surface area contributed by atoms with Gasteiger partial charge in [-0.1, -0.05) is 76.6 Å². The van der Waals surface area contributed by atoms with Crippen LogP contribution in [0.4, 0.5) is 0 Å². The number of rotatable bonds is 9. The molecule has 0 bridgehead atoms. The van der Waals surface area contributed by atoms with Crippen LogP contribution in [0.5, 0.6) is 0 Å². The van der Waals surface area contributed by atoms with E-state index >= 15 is 0 Å². The average Bonchev–Trinajstić information content (AvgIpc) is 2.73. The first-order valence-electron chi connectivity index (χ1n) is 11.1. The first kappa shape index (κ1) is 24.9. The van der Waals surface area contributed by atoms with Crippen molar-refractivity contribution in [2.24, 2.45) is 0 Å². The number of benzene rings is 2. The Hall–Kier alpha value is -0.360. The fourth-order valence-electron chi connectivity index (χ4n) is 4.77. The molecule has 2 heteroatoms. The number of aryl methyl sites for hydroxylation is 1. The Bertz CT molecular complexity index is 844. The van der Waals surface area contributed by atoms with Gasteiger partial charge in [0, 0.05) is 18.5 Å². The molecule has 0 radical (unpaired) electrons. The second-order valence-corrected chi connectivity index (χ2v) is 10.2. The van der Waals surface area contributed by atoms with Crippen LogP contribution in [0.2, 0.25) is 0 Å². The van der Waals surface area contributed by atoms with Crippen LogP contribution < -0.4 is 0 Å². The molecule has 0 heterocycles. The minimum absolute atomic E-state index is 0.0745. The van der Waals surface area contributed by atoms with E-state index in [9.17, 15) is 0 Å². The van der Waals surface area contributed by atoms with E-state index in [-0.39, 0.29) is 5.41 Å². The van der Waals surface area contributed by atoms with E-state index in [1.165, 1.54) is 41.4 Å². The average molecular weight is 614 g/mol. The van der Waals surface area contributed by atoms with Gasteiger partial charge in [-0.2, -0.15) is 0 Å². The predicted molar refractivity (Wildman–Crippen MR) is 146 cm³/mol. The van der Waals surface area contributed by atoms with Gasteiger partial charge in [0.15, 0.2) is 0 Å². The molecule has 0 fully saturated rings. The van der Waals surface area contributed by atoms with Gasteiger partial charge in [-0.15, -0.1) is 0 Å². The molecule has 158 valence electrons. The SMILES string of the molecule is CC=CC(CC)c1ccc(C(CC)(CC)c2cccc(CCC)c2I)c(C)c1I. The third-order valence-electron chi connectivity index (χ3n) is 6.52. The minimum atomic E-state index is 0.0745. The zero-order chi connectivity index (χ0) is 21.6. The van der Waals surface area contributed by atoms with Crippen LogP contribution in [0.15, 0.2) is 42.5 Å². The van der Waals surface area contributed by atoms with Gasteiger partial charge in [0.25, 0.3) is 0 Å². The molecule has 0 saturated carbocycles. The molecule has 2 rings (SSSR count). The van der Waals surface area contributed by atoms with Crippen molar-refractivity contribution in [1.29, 1.82) is 0 Å². The summed E-state index contributed by atoms with van der Waals surface area (Å²) in [6.07, 6.45) is 10.3. The van der Waals surface area contributed by atoms with Crippen LogP contribution in [-0.2, 0) is 11.8 Å². The third-order valence-corrected chi connectivity index (χ3v) is 9.22. The third kappa shape index (κ3) is 4.94. The normalized spacial score (nSPS) is 13.2. The molecule has 1 atom stereocenters. The molecule has 0 amide bonds. The van der Waals surface area contributed by atoms with E-state index in [4.69, 9.17) is 0 Å². The molecular weight excluding hydrogens is 578 g/mol. The largest absolute Gasteiger partial charge is 0.0910 e. The van der Waals surface area contributed by atoms with Crippen molar-refractivity contribution in [2.45, 2.75) is 85.0 Å². The summed E-state index contributed by atoms with van der Waals surface area (Å²) < 4.78 is 2.91. The van der Waals surface area contributed by atoms with Gasteiger partial charge in [-0.05, 0) is 113 Å². The Labute approximate surface area is 206 Å². The van der Waals surface area contributed by atoms with Gasteiger partial charge in [-0.3, -0.25) is 0 Å². The molecule has 0 aliphatic carbocycles. The zero-order valence-electron chi connectivity index (χ0n) is 18.9. The lowest BCUT2D eigenvalue weighted by molar-refractivity contribution is 0.472. The van der Waals surface area contributed by atoms with Crippen molar-refractivity contribution < 1.29 is 0 Å². The zero-order valence-corrected chi connectivity index (χ0v) is 23.2. The maximum atomic E-state index is 2.61. The van der Waals surface area contributed by atoms with Crippen molar-refractivity contribution in [1.82, 2.24) is 0 Å². The quantitative estimate of drug-likeness (QED) is 0.195. The lowest BCUT2D eigenvalue weighted by atomic mass is 9.68. The number of allylic oxidation sites excluding steroid dienone is 2. The fourth-order valence-corrected chi connectivity index (χ4v) is 6.79. The Morgan fingerprint density at radius 2 is 1.62 bits per heavy atom. The van der Waals surface area contributed by atoms with Crippen LogP contribution in [0, 0.1) is 14.1 Å². The van der Waals surface area contributed by atoms with Gasteiger partial charge in [0.05, 0.1) is 0 Å². The molecular formula is C27H36I2. The molecule has 1 unspecified atom stereocenters. The second-order valence-electron chi connectivity index (χ2n) is 8.00. The molecule has 0 aromatic heterocycles. The van der Waals surface area contributed by atoms with Gasteiger partial charge in [0.1, 0.15) is 0 Å². The highest BCUT2D eigenvalue weighted by atomic mass is 127. The molecule has 0 saturated heterocycles. The molecule has 2 aromatic rings. The standard InChI is InChI=1S/C27H36I2/c1-7-13-20(9-3)22-17-18-23(19(6)25(22)28)27(10-4,11-5)24-16-12-15-21(14-8-2)26(24)29/h7,12-13,15-18,20H,8-11,14H2,1-6H3. The first-order valence-corrected chi connectivity index (χ1v) is 13.3. The van der Waals surface area contributed by atoms with E-state index in [0.717, 1.165) is 25.7 Å². The van der Waals surface area contributed by atoms with E-state index < -0.39 is 0 Å². The Morgan fingerprint density at radius 1 is 0.931 bits per heavy atom. The van der Waals surface area contributed by atoms with Gasteiger partial charge >= 0.3 is 0 Å². The lowest BCUT2D eigenvalue weighted by Gasteiger charge is -2.37. The van der Waals surface area contributed by atoms with Crippen molar-refractivity contribution in [3.63, 3.8) is 0 Å². The van der Waals surface area contributed by atoms with Crippen molar-refractivity contribution in [2.75, 3.05) is 0 Å². The topological polar surface area (TPSA) is 0 Å². The van der Waals surface area contributed by atoms with E-state index in [1.807, 2.05) is 0 Å². The van der Waals surface area contributed by atoms with Gasteiger partial charge in [-0.25, -0.2) is 0 Å². The predicted octanol–water partition coefficient (Wildman–Crippen LogP) is 9.33. The summed E-state index contributed by atoms with van der Waals surface area (Å²) in [7, 11) is 0. The summed E-state index contributed by atoms with van der Waals surface area (Å²) in [6.45, 7) is 13.7. The van der Waals surface area contributed by atoms with Gasteiger partial charge in [0.2, 0.25) is 0 Å². The highest BCUT2D eigenvalue weighted by molar-refractivity contribution is 14.1. The van der Waals surface area contributed by atoms with Crippen LogP contribution in [0.1, 0.15) is 94.0 Å². The second kappa shape index (κ2) is 11.3. The lowest BCUT2D eigenvalue weighted by Crippen LogP contribution is -2.29. The van der Waals surface area contributed by atoms with Crippen molar-refractivity contribution in [3.05, 3.63) is 77.4 Å². The Kier molecular flexibility index (Phi) is 9.72. The minimum Gasteiger partial charge on any atom is -0.0910 e. The van der Waals surface area contributed by atoms with Crippen LogP contribution >= 0.6 is 45.2 Å². The summed E-state index contributed by atoms with van der Waals surface area (Å²) in [5.74, 6) is 0.505. The monoisotopic (exact) mass is 614 g/mol. The maximum absolute atomic E-state index is 2.61. The highest BCUT2D eigenvalue weighted by Crippen LogP contribution is 2.45. The van der Waals surface area contributed by atoms with Crippen LogP contribution in [-0.4, -0.2) is 0 Å². The molecule has 0 aliphatic heterocycles.